The maximum absolute atomic E-state index is 11.2. The number of carbonyl (C=O) groups excluding carboxylic acids is 2. The molecule has 1 aliphatic rings. The Morgan fingerprint density at radius 2 is 1.86 bits per heavy atom. The standard InChI is InChI=1S/C10H11NO3/c1-3-8(12)6-7(2)11-9(13)4-5-10(11)14/h3-6,12H,1-2H3/b7-6+,8-3+. The first-order valence-corrected chi connectivity index (χ1v) is 4.16. The molecule has 0 radical (unpaired) electrons. The minimum atomic E-state index is -0.382. The molecule has 1 aliphatic heterocycles. The van der Waals surface area contributed by atoms with E-state index in [1.54, 1.807) is 13.8 Å². The number of aliphatic hydroxyl groups is 1. The number of aliphatic hydroxyl groups excluding tert-OH is 1. The second-order valence-corrected chi connectivity index (χ2v) is 2.84. The fourth-order valence-electron chi connectivity index (χ4n) is 1.11. The van der Waals surface area contributed by atoms with Crippen molar-refractivity contribution in [3.8, 4) is 0 Å². The minimum absolute atomic E-state index is 0.0231. The number of allylic oxidation sites excluding steroid dienone is 3. The van der Waals surface area contributed by atoms with Gasteiger partial charge in [0.15, 0.2) is 0 Å². The van der Waals surface area contributed by atoms with Gasteiger partial charge in [-0.15, -0.1) is 0 Å². The highest BCUT2D eigenvalue weighted by Gasteiger charge is 2.24. The highest BCUT2D eigenvalue weighted by atomic mass is 16.3. The molecule has 0 atom stereocenters. The number of nitrogens with zero attached hydrogens (tertiary/aromatic N) is 1. The predicted molar refractivity (Wildman–Crippen MR) is 51.1 cm³/mol. The number of hydrogen-bond acceptors (Lipinski definition) is 3. The van der Waals surface area contributed by atoms with E-state index in [-0.39, 0.29) is 17.6 Å². The quantitative estimate of drug-likeness (QED) is 0.408. The lowest BCUT2D eigenvalue weighted by molar-refractivity contribution is -0.134. The van der Waals surface area contributed by atoms with Gasteiger partial charge in [0.25, 0.3) is 11.8 Å². The summed E-state index contributed by atoms with van der Waals surface area (Å²) in [6.07, 6.45) is 5.24. The van der Waals surface area contributed by atoms with Crippen LogP contribution in [0.5, 0.6) is 0 Å². The van der Waals surface area contributed by atoms with Crippen LogP contribution in [0.15, 0.2) is 35.8 Å². The lowest BCUT2D eigenvalue weighted by atomic mass is 10.3. The van der Waals surface area contributed by atoms with Gasteiger partial charge in [-0.2, -0.15) is 0 Å². The van der Waals surface area contributed by atoms with E-state index >= 15 is 0 Å². The van der Waals surface area contributed by atoms with Crippen LogP contribution in [-0.4, -0.2) is 21.8 Å². The second-order valence-electron chi connectivity index (χ2n) is 2.84. The molecule has 0 fully saturated rings. The van der Waals surface area contributed by atoms with Crippen LogP contribution in [0.4, 0.5) is 0 Å². The molecule has 14 heavy (non-hydrogen) atoms. The summed E-state index contributed by atoms with van der Waals surface area (Å²) < 4.78 is 0. The van der Waals surface area contributed by atoms with Gasteiger partial charge in [-0.05, 0) is 26.0 Å². The van der Waals surface area contributed by atoms with E-state index in [2.05, 4.69) is 0 Å². The second kappa shape index (κ2) is 3.91. The van der Waals surface area contributed by atoms with Gasteiger partial charge in [0.1, 0.15) is 5.76 Å². The van der Waals surface area contributed by atoms with Crippen molar-refractivity contribution in [1.29, 1.82) is 0 Å². The van der Waals surface area contributed by atoms with E-state index in [9.17, 15) is 14.7 Å². The molecule has 0 spiro atoms. The van der Waals surface area contributed by atoms with Crippen LogP contribution < -0.4 is 0 Å². The van der Waals surface area contributed by atoms with E-state index < -0.39 is 0 Å². The number of hydrogen-bond donors (Lipinski definition) is 1. The Morgan fingerprint density at radius 3 is 2.29 bits per heavy atom. The zero-order chi connectivity index (χ0) is 10.7. The molecule has 4 nitrogen and oxygen atoms in total. The van der Waals surface area contributed by atoms with Crippen molar-refractivity contribution in [2.45, 2.75) is 13.8 Å². The van der Waals surface area contributed by atoms with Crippen molar-refractivity contribution < 1.29 is 14.7 Å². The molecule has 74 valence electrons. The molecule has 1 heterocycles. The molecule has 4 heteroatoms. The average molecular weight is 193 g/mol. The molecule has 2 amide bonds. The van der Waals surface area contributed by atoms with E-state index in [0.29, 0.717) is 5.70 Å². The van der Waals surface area contributed by atoms with Crippen molar-refractivity contribution in [3.05, 3.63) is 35.8 Å². The van der Waals surface area contributed by atoms with Gasteiger partial charge in [-0.25, -0.2) is 4.90 Å². The molecule has 0 unspecified atom stereocenters. The lowest BCUT2D eigenvalue weighted by Crippen LogP contribution is -2.28. The first-order chi connectivity index (χ1) is 6.56. The maximum Gasteiger partial charge on any atom is 0.257 e. The highest BCUT2D eigenvalue weighted by Crippen LogP contribution is 2.13. The smallest absolute Gasteiger partial charge is 0.257 e. The summed E-state index contributed by atoms with van der Waals surface area (Å²) in [5.41, 5.74) is 0.403. The summed E-state index contributed by atoms with van der Waals surface area (Å²) >= 11 is 0. The molecular weight excluding hydrogens is 182 g/mol. The molecule has 1 N–H and O–H groups in total. The fourth-order valence-corrected chi connectivity index (χ4v) is 1.11. The van der Waals surface area contributed by atoms with Gasteiger partial charge in [0.05, 0.1) is 0 Å². The van der Waals surface area contributed by atoms with Gasteiger partial charge >= 0.3 is 0 Å². The number of imide groups is 1. The van der Waals surface area contributed by atoms with Crippen molar-refractivity contribution in [2.24, 2.45) is 0 Å². The minimum Gasteiger partial charge on any atom is -0.508 e. The zero-order valence-electron chi connectivity index (χ0n) is 8.02. The summed E-state index contributed by atoms with van der Waals surface area (Å²) in [7, 11) is 0. The monoisotopic (exact) mass is 193 g/mol. The Balaban J connectivity index is 2.90. The average Bonchev–Trinajstić information content (AvgIpc) is 2.46. The fraction of sp³-hybridized carbons (Fsp3) is 0.200. The highest BCUT2D eigenvalue weighted by molar-refractivity contribution is 6.14. The Morgan fingerprint density at radius 1 is 1.36 bits per heavy atom. The lowest BCUT2D eigenvalue weighted by Gasteiger charge is -2.13. The third-order valence-electron chi connectivity index (χ3n) is 1.81. The normalized spacial score (nSPS) is 18.3. The summed E-state index contributed by atoms with van der Waals surface area (Å²) in [6.45, 7) is 3.24. The van der Waals surface area contributed by atoms with Crippen LogP contribution in [0.2, 0.25) is 0 Å². The first-order valence-electron chi connectivity index (χ1n) is 4.16. The summed E-state index contributed by atoms with van der Waals surface area (Å²) in [6, 6.07) is 0. The van der Waals surface area contributed by atoms with Gasteiger partial charge in [0.2, 0.25) is 0 Å². The Bertz CT molecular complexity index is 346. The Kier molecular flexibility index (Phi) is 2.86. The molecule has 0 saturated heterocycles. The van der Waals surface area contributed by atoms with Crippen LogP contribution in [0.25, 0.3) is 0 Å². The van der Waals surface area contributed by atoms with Crippen molar-refractivity contribution in [3.63, 3.8) is 0 Å². The topological polar surface area (TPSA) is 57.6 Å². The molecule has 0 aromatic rings. The predicted octanol–water partition coefficient (Wildman–Crippen LogP) is 1.28. The van der Waals surface area contributed by atoms with Crippen LogP contribution in [0, 0.1) is 0 Å². The van der Waals surface area contributed by atoms with Gasteiger partial charge < -0.3 is 5.11 Å². The van der Waals surface area contributed by atoms with Crippen molar-refractivity contribution in [1.82, 2.24) is 4.90 Å². The molecule has 0 saturated carbocycles. The zero-order valence-corrected chi connectivity index (χ0v) is 8.02. The van der Waals surface area contributed by atoms with Crippen LogP contribution in [0.1, 0.15) is 13.8 Å². The number of carbonyl (C=O) groups is 2. The summed E-state index contributed by atoms with van der Waals surface area (Å²) in [5, 5.41) is 9.18. The van der Waals surface area contributed by atoms with Crippen molar-refractivity contribution in [2.75, 3.05) is 0 Å². The molecule has 0 aromatic carbocycles. The third kappa shape index (κ3) is 1.90. The molecule has 0 aliphatic carbocycles. The van der Waals surface area contributed by atoms with Gasteiger partial charge in [-0.3, -0.25) is 9.59 Å². The number of amides is 2. The van der Waals surface area contributed by atoms with Gasteiger partial charge in [0, 0.05) is 17.8 Å². The van der Waals surface area contributed by atoms with Gasteiger partial charge in [-0.1, -0.05) is 0 Å². The molecule has 0 aromatic heterocycles. The van der Waals surface area contributed by atoms with E-state index in [0.717, 1.165) is 4.90 Å². The van der Waals surface area contributed by atoms with Crippen LogP contribution >= 0.6 is 0 Å². The van der Waals surface area contributed by atoms with Crippen molar-refractivity contribution >= 4 is 11.8 Å². The van der Waals surface area contributed by atoms with E-state index in [1.807, 2.05) is 0 Å². The van der Waals surface area contributed by atoms with E-state index in [1.165, 1.54) is 24.3 Å². The van der Waals surface area contributed by atoms with Crippen LogP contribution in [0.3, 0.4) is 0 Å². The maximum atomic E-state index is 11.2. The Labute approximate surface area is 81.8 Å². The third-order valence-corrected chi connectivity index (χ3v) is 1.81. The van der Waals surface area contributed by atoms with Crippen LogP contribution in [-0.2, 0) is 9.59 Å². The molecule has 0 bridgehead atoms. The first kappa shape index (κ1) is 10.2. The molecular formula is C10H11NO3. The Hall–Kier alpha value is -1.84. The summed E-state index contributed by atoms with van der Waals surface area (Å²) in [5.74, 6) is -0.740. The summed E-state index contributed by atoms with van der Waals surface area (Å²) in [4.78, 5) is 23.3. The SMILES string of the molecule is C/C=C(O)\C=C(/C)N1C(=O)C=CC1=O. The molecule has 1 rings (SSSR count). The largest absolute Gasteiger partial charge is 0.508 e. The van der Waals surface area contributed by atoms with E-state index in [4.69, 9.17) is 0 Å². The number of rotatable bonds is 2.